The van der Waals surface area contributed by atoms with Crippen molar-refractivity contribution < 1.29 is 14.2 Å². The Hall–Kier alpha value is -0.380. The van der Waals surface area contributed by atoms with Gasteiger partial charge in [0.2, 0.25) is 0 Å². The third-order valence-electron chi connectivity index (χ3n) is 3.41. The van der Waals surface area contributed by atoms with Crippen LogP contribution in [-0.2, 0) is 14.2 Å². The second-order valence-corrected chi connectivity index (χ2v) is 4.34. The van der Waals surface area contributed by atoms with Gasteiger partial charge in [0.05, 0.1) is 18.8 Å². The number of rotatable bonds is 3. The van der Waals surface area contributed by atoms with E-state index in [1.807, 2.05) is 0 Å². The van der Waals surface area contributed by atoms with E-state index in [0.29, 0.717) is 12.5 Å². The smallest absolute Gasteiger partial charge is 0.122 e. The molecule has 2 rings (SSSR count). The Morgan fingerprint density at radius 3 is 2.79 bits per heavy atom. The van der Waals surface area contributed by atoms with Gasteiger partial charge in [-0.1, -0.05) is 12.2 Å². The van der Waals surface area contributed by atoms with Crippen molar-refractivity contribution in [2.75, 3.05) is 20.8 Å². The highest BCUT2D eigenvalue weighted by Gasteiger charge is 2.60. The van der Waals surface area contributed by atoms with Gasteiger partial charge in [0, 0.05) is 26.6 Å². The monoisotopic (exact) mass is 198 g/mol. The Bertz CT molecular complexity index is 251. The van der Waals surface area contributed by atoms with Crippen LogP contribution in [0.1, 0.15) is 13.3 Å². The molecule has 1 aliphatic heterocycles. The molecular formula is C11H18O3. The molecule has 3 heteroatoms. The molecule has 0 aromatic carbocycles. The fraction of sp³-hybridized carbons (Fsp3) is 0.818. The number of methoxy groups -OCH3 is 2. The van der Waals surface area contributed by atoms with E-state index < -0.39 is 0 Å². The summed E-state index contributed by atoms with van der Waals surface area (Å²) in [6, 6.07) is 0. The van der Waals surface area contributed by atoms with Crippen LogP contribution in [0.25, 0.3) is 0 Å². The molecule has 14 heavy (non-hydrogen) atoms. The lowest BCUT2D eigenvalue weighted by atomic mass is 9.97. The number of hydrogen-bond donors (Lipinski definition) is 0. The summed E-state index contributed by atoms with van der Waals surface area (Å²) in [5, 5.41) is 0. The fourth-order valence-electron chi connectivity index (χ4n) is 3.05. The summed E-state index contributed by atoms with van der Waals surface area (Å²) in [6.07, 6.45) is 1.19. The van der Waals surface area contributed by atoms with Gasteiger partial charge >= 0.3 is 0 Å². The molecule has 0 N–H and O–H groups in total. The predicted molar refractivity (Wildman–Crippen MR) is 53.2 cm³/mol. The molecule has 0 amide bonds. The molecule has 2 bridgehead atoms. The summed E-state index contributed by atoms with van der Waals surface area (Å²) in [7, 11) is 3.44. The molecule has 2 aliphatic rings. The van der Waals surface area contributed by atoms with Crippen LogP contribution < -0.4 is 0 Å². The topological polar surface area (TPSA) is 27.7 Å². The molecule has 80 valence electrons. The molecule has 2 fully saturated rings. The molecule has 1 saturated carbocycles. The molecule has 0 aromatic heterocycles. The lowest BCUT2D eigenvalue weighted by molar-refractivity contribution is -0.121. The van der Waals surface area contributed by atoms with Gasteiger partial charge < -0.3 is 14.2 Å². The summed E-state index contributed by atoms with van der Waals surface area (Å²) in [5.41, 5.74) is 0.970. The Labute approximate surface area is 85.0 Å². The van der Waals surface area contributed by atoms with E-state index in [2.05, 4.69) is 13.5 Å². The molecule has 1 saturated heterocycles. The second kappa shape index (κ2) is 3.33. The van der Waals surface area contributed by atoms with Crippen molar-refractivity contribution in [3.05, 3.63) is 12.2 Å². The SMILES string of the molecule is C=C1C[C@]2(COC)O[C@@H](C)C1[C@H]2OC. The van der Waals surface area contributed by atoms with Crippen LogP contribution in [0.4, 0.5) is 0 Å². The summed E-state index contributed by atoms with van der Waals surface area (Å²) < 4.78 is 16.7. The van der Waals surface area contributed by atoms with E-state index in [0.717, 1.165) is 6.42 Å². The molecule has 1 heterocycles. The zero-order valence-corrected chi connectivity index (χ0v) is 9.08. The number of ether oxygens (including phenoxy) is 3. The molecule has 1 aliphatic carbocycles. The van der Waals surface area contributed by atoms with Crippen molar-refractivity contribution in [2.24, 2.45) is 5.92 Å². The third-order valence-corrected chi connectivity index (χ3v) is 3.41. The lowest BCUT2D eigenvalue weighted by Gasteiger charge is -2.30. The van der Waals surface area contributed by atoms with Crippen molar-refractivity contribution >= 4 is 0 Å². The van der Waals surface area contributed by atoms with Gasteiger partial charge in [-0.3, -0.25) is 0 Å². The van der Waals surface area contributed by atoms with E-state index >= 15 is 0 Å². The van der Waals surface area contributed by atoms with Gasteiger partial charge in [0.15, 0.2) is 0 Å². The van der Waals surface area contributed by atoms with E-state index in [-0.39, 0.29) is 17.8 Å². The molecule has 4 atom stereocenters. The molecular weight excluding hydrogens is 180 g/mol. The maximum atomic E-state index is 5.95. The van der Waals surface area contributed by atoms with Gasteiger partial charge in [-0.05, 0) is 6.92 Å². The van der Waals surface area contributed by atoms with Gasteiger partial charge in [0.25, 0.3) is 0 Å². The molecule has 3 nitrogen and oxygen atoms in total. The fourth-order valence-corrected chi connectivity index (χ4v) is 3.05. The van der Waals surface area contributed by atoms with Crippen LogP contribution in [0.3, 0.4) is 0 Å². The number of hydrogen-bond acceptors (Lipinski definition) is 3. The normalized spacial score (nSPS) is 46.2. The van der Waals surface area contributed by atoms with E-state index in [1.165, 1.54) is 5.57 Å². The van der Waals surface area contributed by atoms with E-state index in [1.54, 1.807) is 14.2 Å². The first-order valence-corrected chi connectivity index (χ1v) is 5.02. The third kappa shape index (κ3) is 1.16. The average molecular weight is 198 g/mol. The van der Waals surface area contributed by atoms with Crippen molar-refractivity contribution in [2.45, 2.75) is 31.2 Å². The van der Waals surface area contributed by atoms with Gasteiger partial charge in [-0.2, -0.15) is 0 Å². The van der Waals surface area contributed by atoms with Crippen LogP contribution in [-0.4, -0.2) is 38.6 Å². The minimum Gasteiger partial charge on any atom is -0.382 e. The highest BCUT2D eigenvalue weighted by molar-refractivity contribution is 5.26. The Kier molecular flexibility index (Phi) is 2.41. The van der Waals surface area contributed by atoms with Crippen LogP contribution >= 0.6 is 0 Å². The Morgan fingerprint density at radius 1 is 1.57 bits per heavy atom. The summed E-state index contributed by atoms with van der Waals surface area (Å²) >= 11 is 0. The standard InChI is InChI=1S/C11H18O3/c1-7-5-11(6-12-3)10(13-4)9(7)8(2)14-11/h8-10H,1,5-6H2,2-4H3/t8-,9?,10+,11+/m0/s1. The minimum absolute atomic E-state index is 0.116. The molecule has 0 aromatic rings. The average Bonchev–Trinajstić information content (AvgIpc) is 2.51. The van der Waals surface area contributed by atoms with Gasteiger partial charge in [-0.15, -0.1) is 0 Å². The summed E-state index contributed by atoms with van der Waals surface area (Å²) in [6.45, 7) is 6.77. The summed E-state index contributed by atoms with van der Waals surface area (Å²) in [5.74, 6) is 0.343. The summed E-state index contributed by atoms with van der Waals surface area (Å²) in [4.78, 5) is 0. The van der Waals surface area contributed by atoms with Crippen molar-refractivity contribution in [1.82, 2.24) is 0 Å². The quantitative estimate of drug-likeness (QED) is 0.641. The molecule has 0 radical (unpaired) electrons. The van der Waals surface area contributed by atoms with Gasteiger partial charge in [-0.25, -0.2) is 0 Å². The van der Waals surface area contributed by atoms with E-state index in [9.17, 15) is 0 Å². The highest BCUT2D eigenvalue weighted by atomic mass is 16.6. The Morgan fingerprint density at radius 2 is 2.29 bits per heavy atom. The maximum Gasteiger partial charge on any atom is 0.122 e. The van der Waals surface area contributed by atoms with Crippen LogP contribution in [0, 0.1) is 5.92 Å². The van der Waals surface area contributed by atoms with Crippen LogP contribution in [0.2, 0.25) is 0 Å². The molecule has 0 spiro atoms. The largest absolute Gasteiger partial charge is 0.382 e. The Balaban J connectivity index is 2.27. The predicted octanol–water partition coefficient (Wildman–Crippen LogP) is 1.38. The second-order valence-electron chi connectivity index (χ2n) is 4.34. The number of fused-ring (bicyclic) bond motifs is 2. The van der Waals surface area contributed by atoms with Crippen molar-refractivity contribution in [1.29, 1.82) is 0 Å². The molecule has 1 unspecified atom stereocenters. The van der Waals surface area contributed by atoms with Gasteiger partial charge in [0.1, 0.15) is 5.60 Å². The zero-order valence-electron chi connectivity index (χ0n) is 9.08. The van der Waals surface area contributed by atoms with Crippen molar-refractivity contribution in [3.8, 4) is 0 Å². The first-order valence-electron chi connectivity index (χ1n) is 5.02. The maximum absolute atomic E-state index is 5.95. The van der Waals surface area contributed by atoms with Crippen molar-refractivity contribution in [3.63, 3.8) is 0 Å². The lowest BCUT2D eigenvalue weighted by Crippen LogP contribution is -2.42. The zero-order chi connectivity index (χ0) is 10.3. The van der Waals surface area contributed by atoms with Crippen LogP contribution in [0.15, 0.2) is 12.2 Å². The highest BCUT2D eigenvalue weighted by Crippen LogP contribution is 2.51. The minimum atomic E-state index is -0.273. The first-order chi connectivity index (χ1) is 6.64. The van der Waals surface area contributed by atoms with Crippen LogP contribution in [0.5, 0.6) is 0 Å². The first kappa shape index (κ1) is 10.1. The van der Waals surface area contributed by atoms with E-state index in [4.69, 9.17) is 14.2 Å².